The molecule has 8 nitrogen and oxygen atoms in total. The summed E-state index contributed by atoms with van der Waals surface area (Å²) in [7, 11) is 0. The topological polar surface area (TPSA) is 119 Å². The molecule has 8 heteroatoms. The second-order valence-electron chi connectivity index (χ2n) is 6.93. The lowest BCUT2D eigenvalue weighted by Gasteiger charge is -2.06. The number of benzene rings is 2. The molecule has 0 saturated carbocycles. The first-order valence-corrected chi connectivity index (χ1v) is 10.5. The van der Waals surface area contributed by atoms with E-state index < -0.39 is 17.8 Å². The summed E-state index contributed by atoms with van der Waals surface area (Å²) in [5, 5.41) is 12.1. The zero-order chi connectivity index (χ0) is 24.5. The molecule has 0 aliphatic rings. The van der Waals surface area contributed by atoms with Crippen molar-refractivity contribution in [1.29, 1.82) is 5.26 Å². The van der Waals surface area contributed by atoms with Crippen molar-refractivity contribution >= 4 is 29.6 Å². The molecule has 2 aromatic carbocycles. The highest BCUT2D eigenvalue weighted by molar-refractivity contribution is 6.09. The predicted octanol–water partition coefficient (Wildman–Crippen LogP) is 4.85. The van der Waals surface area contributed by atoms with Crippen molar-refractivity contribution in [1.82, 2.24) is 0 Å². The van der Waals surface area contributed by atoms with Crippen LogP contribution in [-0.2, 0) is 14.3 Å². The van der Waals surface area contributed by atoms with Gasteiger partial charge in [0, 0.05) is 17.3 Å². The molecule has 1 aromatic heterocycles. The number of ether oxygens (including phenoxy) is 2. The van der Waals surface area contributed by atoms with Gasteiger partial charge in [-0.05, 0) is 56.3 Å². The number of amides is 1. The summed E-state index contributed by atoms with van der Waals surface area (Å²) in [6.45, 7) is 3.96. The molecule has 172 valence electrons. The van der Waals surface area contributed by atoms with Crippen molar-refractivity contribution < 1.29 is 28.3 Å². The molecule has 0 bridgehead atoms. The van der Waals surface area contributed by atoms with Crippen LogP contribution in [0.25, 0.3) is 17.4 Å². The van der Waals surface area contributed by atoms with E-state index in [9.17, 15) is 19.6 Å². The SMILES string of the molecule is CCOC(=O)c1ccc(-c2ccc(/C=C(/C#N)C(=O)Nc3cccc(C(=O)OCC)c3)o2)cc1. The Morgan fingerprint density at radius 3 is 2.26 bits per heavy atom. The van der Waals surface area contributed by atoms with Crippen molar-refractivity contribution in [3.05, 3.63) is 83.1 Å². The number of carbonyl (C=O) groups excluding carboxylic acids is 3. The molecule has 1 N–H and O–H groups in total. The Kier molecular flexibility index (Phi) is 7.97. The number of rotatable bonds is 8. The van der Waals surface area contributed by atoms with Crippen LogP contribution in [0.4, 0.5) is 5.69 Å². The normalized spacial score (nSPS) is 10.8. The molecule has 0 aliphatic carbocycles. The number of hydrogen-bond acceptors (Lipinski definition) is 7. The van der Waals surface area contributed by atoms with Crippen LogP contribution in [0.1, 0.15) is 40.3 Å². The maximum atomic E-state index is 12.6. The van der Waals surface area contributed by atoms with Crippen LogP contribution in [0.3, 0.4) is 0 Å². The van der Waals surface area contributed by atoms with Gasteiger partial charge in [-0.2, -0.15) is 5.26 Å². The van der Waals surface area contributed by atoms with E-state index >= 15 is 0 Å². The fourth-order valence-electron chi connectivity index (χ4n) is 3.00. The van der Waals surface area contributed by atoms with Gasteiger partial charge in [0.15, 0.2) is 0 Å². The van der Waals surface area contributed by atoms with Crippen LogP contribution < -0.4 is 5.32 Å². The van der Waals surface area contributed by atoms with Gasteiger partial charge < -0.3 is 19.2 Å². The van der Waals surface area contributed by atoms with Crippen LogP contribution in [0.2, 0.25) is 0 Å². The summed E-state index contributed by atoms with van der Waals surface area (Å²) in [6.07, 6.45) is 1.32. The van der Waals surface area contributed by atoms with E-state index in [2.05, 4.69) is 5.32 Å². The van der Waals surface area contributed by atoms with Gasteiger partial charge in [-0.3, -0.25) is 4.79 Å². The van der Waals surface area contributed by atoms with Crippen LogP contribution in [0.5, 0.6) is 0 Å². The van der Waals surface area contributed by atoms with E-state index in [1.54, 1.807) is 68.4 Å². The Balaban J connectivity index is 1.73. The minimum Gasteiger partial charge on any atom is -0.462 e. The Hall–Kier alpha value is -4.64. The van der Waals surface area contributed by atoms with Gasteiger partial charge in [0.25, 0.3) is 5.91 Å². The van der Waals surface area contributed by atoms with Gasteiger partial charge in [0.1, 0.15) is 23.2 Å². The monoisotopic (exact) mass is 458 g/mol. The van der Waals surface area contributed by atoms with E-state index in [1.807, 2.05) is 6.07 Å². The first-order valence-electron chi connectivity index (χ1n) is 10.5. The van der Waals surface area contributed by atoms with Crippen LogP contribution in [-0.4, -0.2) is 31.1 Å². The van der Waals surface area contributed by atoms with Gasteiger partial charge in [0.2, 0.25) is 0 Å². The summed E-state index contributed by atoms with van der Waals surface area (Å²) in [6, 6.07) is 18.1. The van der Waals surface area contributed by atoms with Crippen LogP contribution in [0, 0.1) is 11.3 Å². The standard InChI is InChI=1S/C26H22N2O6/c1-3-32-25(30)18-10-8-17(9-11-18)23-13-12-22(34-23)15-20(16-27)24(29)28-21-7-5-6-19(14-21)26(31)33-4-2/h5-15H,3-4H2,1-2H3,(H,28,29)/b20-15-. The Morgan fingerprint density at radius 2 is 1.62 bits per heavy atom. The summed E-state index contributed by atoms with van der Waals surface area (Å²) < 4.78 is 15.7. The second kappa shape index (κ2) is 11.3. The molecular weight excluding hydrogens is 436 g/mol. The fourth-order valence-corrected chi connectivity index (χ4v) is 3.00. The van der Waals surface area contributed by atoms with E-state index in [-0.39, 0.29) is 17.7 Å². The molecule has 0 fully saturated rings. The molecule has 34 heavy (non-hydrogen) atoms. The molecule has 1 amide bonds. The summed E-state index contributed by atoms with van der Waals surface area (Å²) in [5.74, 6) is -0.763. The molecular formula is C26H22N2O6. The van der Waals surface area contributed by atoms with Gasteiger partial charge in [-0.25, -0.2) is 9.59 Å². The molecule has 0 aliphatic heterocycles. The van der Waals surface area contributed by atoms with Crippen molar-refractivity contribution in [2.24, 2.45) is 0 Å². The number of esters is 2. The molecule has 3 aromatic rings. The van der Waals surface area contributed by atoms with E-state index in [0.29, 0.717) is 34.9 Å². The second-order valence-corrected chi connectivity index (χ2v) is 6.93. The summed E-state index contributed by atoms with van der Waals surface area (Å²) >= 11 is 0. The van der Waals surface area contributed by atoms with Crippen molar-refractivity contribution in [3.63, 3.8) is 0 Å². The molecule has 0 saturated heterocycles. The highest BCUT2D eigenvalue weighted by atomic mass is 16.5. The van der Waals surface area contributed by atoms with E-state index in [1.165, 1.54) is 12.1 Å². The van der Waals surface area contributed by atoms with Crippen molar-refractivity contribution in [2.45, 2.75) is 13.8 Å². The van der Waals surface area contributed by atoms with E-state index in [4.69, 9.17) is 13.9 Å². The van der Waals surface area contributed by atoms with Gasteiger partial charge in [0.05, 0.1) is 24.3 Å². The number of furan rings is 1. The first kappa shape index (κ1) is 24.0. The quantitative estimate of drug-likeness (QED) is 0.291. The zero-order valence-electron chi connectivity index (χ0n) is 18.7. The molecule has 1 heterocycles. The molecule has 0 atom stereocenters. The molecule has 3 rings (SSSR count). The third kappa shape index (κ3) is 5.99. The third-order valence-corrected chi connectivity index (χ3v) is 4.59. The lowest BCUT2D eigenvalue weighted by Crippen LogP contribution is -2.14. The number of nitriles is 1. The zero-order valence-corrected chi connectivity index (χ0v) is 18.7. The lowest BCUT2D eigenvalue weighted by atomic mass is 10.1. The minimum atomic E-state index is -0.653. The number of nitrogens with zero attached hydrogens (tertiary/aromatic N) is 1. The highest BCUT2D eigenvalue weighted by Gasteiger charge is 2.14. The van der Waals surface area contributed by atoms with Crippen molar-refractivity contribution in [3.8, 4) is 17.4 Å². The lowest BCUT2D eigenvalue weighted by molar-refractivity contribution is -0.112. The van der Waals surface area contributed by atoms with E-state index in [0.717, 1.165) is 0 Å². The number of nitrogens with one attached hydrogen (secondary N) is 1. The van der Waals surface area contributed by atoms with Crippen LogP contribution >= 0.6 is 0 Å². The van der Waals surface area contributed by atoms with Crippen molar-refractivity contribution in [2.75, 3.05) is 18.5 Å². The molecule has 0 spiro atoms. The van der Waals surface area contributed by atoms with Gasteiger partial charge in [-0.15, -0.1) is 0 Å². The third-order valence-electron chi connectivity index (χ3n) is 4.59. The van der Waals surface area contributed by atoms with Gasteiger partial charge in [-0.1, -0.05) is 18.2 Å². The number of anilines is 1. The maximum Gasteiger partial charge on any atom is 0.338 e. The average molecular weight is 458 g/mol. The van der Waals surface area contributed by atoms with Gasteiger partial charge >= 0.3 is 11.9 Å². The summed E-state index contributed by atoms with van der Waals surface area (Å²) in [5.41, 5.74) is 1.59. The molecule has 0 unspecified atom stereocenters. The fraction of sp³-hybridized carbons (Fsp3) is 0.154. The highest BCUT2D eigenvalue weighted by Crippen LogP contribution is 2.24. The predicted molar refractivity (Wildman–Crippen MR) is 125 cm³/mol. The maximum absolute atomic E-state index is 12.6. The largest absolute Gasteiger partial charge is 0.462 e. The Bertz CT molecular complexity index is 1260. The van der Waals surface area contributed by atoms with Crippen LogP contribution in [0.15, 0.2) is 70.7 Å². The number of hydrogen-bond donors (Lipinski definition) is 1. The number of carbonyl (C=O) groups is 3. The minimum absolute atomic E-state index is 0.180. The summed E-state index contributed by atoms with van der Waals surface area (Å²) in [4.78, 5) is 36.2. The Labute approximate surface area is 196 Å². The molecule has 0 radical (unpaired) electrons. The Morgan fingerprint density at radius 1 is 0.941 bits per heavy atom. The first-order chi connectivity index (χ1) is 16.4. The average Bonchev–Trinajstić information content (AvgIpc) is 3.31. The smallest absolute Gasteiger partial charge is 0.338 e.